The highest BCUT2D eigenvalue weighted by Gasteiger charge is 2.31. The predicted octanol–water partition coefficient (Wildman–Crippen LogP) is 3.27. The van der Waals surface area contributed by atoms with Crippen molar-refractivity contribution in [3.63, 3.8) is 0 Å². The van der Waals surface area contributed by atoms with Gasteiger partial charge in [0.1, 0.15) is 6.54 Å². The molecular weight excluding hydrogens is 348 g/mol. The predicted molar refractivity (Wildman–Crippen MR) is 100 cm³/mol. The minimum Gasteiger partial charge on any atom is -0.300 e. The molecule has 3 heterocycles. The minimum atomic E-state index is -0.320. The summed E-state index contributed by atoms with van der Waals surface area (Å²) < 4.78 is 0. The average molecular weight is 362 g/mol. The van der Waals surface area contributed by atoms with E-state index in [1.165, 1.54) is 16.2 Å². The summed E-state index contributed by atoms with van der Waals surface area (Å²) in [5.41, 5.74) is 3.49. The van der Waals surface area contributed by atoms with Crippen molar-refractivity contribution in [1.29, 1.82) is 0 Å². The van der Waals surface area contributed by atoms with Crippen LogP contribution in [0.25, 0.3) is 17.0 Å². The van der Waals surface area contributed by atoms with E-state index < -0.39 is 0 Å². The Balaban J connectivity index is 1.45. The number of rotatable bonds is 4. The van der Waals surface area contributed by atoms with E-state index in [1.54, 1.807) is 24.5 Å². The Labute approximate surface area is 153 Å². The average Bonchev–Trinajstić information content (AvgIpc) is 3.22. The van der Waals surface area contributed by atoms with Crippen LogP contribution in [-0.4, -0.2) is 33.2 Å². The molecule has 3 aromatic rings. The maximum atomic E-state index is 12.4. The normalized spacial score (nSPS) is 13.0. The molecule has 6 nitrogen and oxygen atoms in total. The highest BCUT2D eigenvalue weighted by molar-refractivity contribution is 7.14. The highest BCUT2D eigenvalue weighted by atomic mass is 32.1. The van der Waals surface area contributed by atoms with Crippen LogP contribution in [0, 0.1) is 0 Å². The molecule has 0 atom stereocenters. The van der Waals surface area contributed by atoms with Crippen molar-refractivity contribution in [3.8, 4) is 11.3 Å². The van der Waals surface area contributed by atoms with E-state index in [4.69, 9.17) is 0 Å². The molecular formula is C19H14N4O2S. The number of pyridine rings is 1. The van der Waals surface area contributed by atoms with Gasteiger partial charge in [-0.3, -0.25) is 19.5 Å². The van der Waals surface area contributed by atoms with Crippen LogP contribution in [0.15, 0.2) is 60.8 Å². The van der Waals surface area contributed by atoms with Gasteiger partial charge in [0, 0.05) is 40.2 Å². The number of benzene rings is 1. The van der Waals surface area contributed by atoms with Crippen molar-refractivity contribution >= 4 is 34.0 Å². The minimum absolute atomic E-state index is 0.103. The van der Waals surface area contributed by atoms with Crippen molar-refractivity contribution in [3.05, 3.63) is 71.9 Å². The zero-order valence-electron chi connectivity index (χ0n) is 13.7. The van der Waals surface area contributed by atoms with Crippen molar-refractivity contribution in [2.24, 2.45) is 0 Å². The first-order chi connectivity index (χ1) is 12.6. The molecule has 0 fully saturated rings. The Morgan fingerprint density at radius 3 is 2.73 bits per heavy atom. The smallest absolute Gasteiger partial charge is 0.259 e. The molecule has 0 saturated carbocycles. The number of nitrogens with zero attached hydrogens (tertiary/aromatic N) is 3. The molecule has 7 heteroatoms. The van der Waals surface area contributed by atoms with Crippen LogP contribution >= 0.6 is 11.3 Å². The third-order valence-electron chi connectivity index (χ3n) is 4.05. The van der Waals surface area contributed by atoms with E-state index in [-0.39, 0.29) is 18.4 Å². The van der Waals surface area contributed by atoms with Gasteiger partial charge < -0.3 is 5.32 Å². The number of fused-ring (bicyclic) bond motifs is 1. The molecule has 0 aliphatic carbocycles. The van der Waals surface area contributed by atoms with Crippen molar-refractivity contribution in [2.45, 2.75) is 0 Å². The Kier molecular flexibility index (Phi) is 4.06. The SMILES string of the molecule is C=C1c2ccccc2C(=O)N1CC(=O)Nc1nc(-c2cccnc2)cs1. The lowest BCUT2D eigenvalue weighted by Crippen LogP contribution is -2.32. The van der Waals surface area contributed by atoms with E-state index in [0.29, 0.717) is 16.4 Å². The molecule has 1 N–H and O–H groups in total. The fraction of sp³-hybridized carbons (Fsp3) is 0.0526. The number of carbonyl (C=O) groups is 2. The maximum Gasteiger partial charge on any atom is 0.259 e. The van der Waals surface area contributed by atoms with Gasteiger partial charge in [0.2, 0.25) is 5.91 Å². The molecule has 0 spiro atoms. The van der Waals surface area contributed by atoms with Gasteiger partial charge in [-0.05, 0) is 18.2 Å². The summed E-state index contributed by atoms with van der Waals surface area (Å²) in [6, 6.07) is 10.9. The lowest BCUT2D eigenvalue weighted by molar-refractivity contribution is -0.116. The largest absolute Gasteiger partial charge is 0.300 e. The second kappa shape index (κ2) is 6.53. The molecule has 0 bridgehead atoms. The topological polar surface area (TPSA) is 75.2 Å². The number of hydrogen-bond acceptors (Lipinski definition) is 5. The molecule has 2 amide bonds. The van der Waals surface area contributed by atoms with Gasteiger partial charge in [-0.25, -0.2) is 4.98 Å². The second-order valence-electron chi connectivity index (χ2n) is 5.71. The van der Waals surface area contributed by atoms with Gasteiger partial charge in [-0.15, -0.1) is 11.3 Å². The van der Waals surface area contributed by atoms with Crippen LogP contribution in [0.3, 0.4) is 0 Å². The van der Waals surface area contributed by atoms with E-state index >= 15 is 0 Å². The molecule has 1 aliphatic heterocycles. The van der Waals surface area contributed by atoms with Gasteiger partial charge in [0.05, 0.1) is 5.69 Å². The van der Waals surface area contributed by atoms with Gasteiger partial charge in [0.15, 0.2) is 5.13 Å². The monoisotopic (exact) mass is 362 g/mol. The zero-order chi connectivity index (χ0) is 18.1. The van der Waals surface area contributed by atoms with Crippen LogP contribution in [0.2, 0.25) is 0 Å². The zero-order valence-corrected chi connectivity index (χ0v) is 14.5. The van der Waals surface area contributed by atoms with Gasteiger partial charge >= 0.3 is 0 Å². The molecule has 26 heavy (non-hydrogen) atoms. The van der Waals surface area contributed by atoms with Crippen LogP contribution < -0.4 is 5.32 Å². The van der Waals surface area contributed by atoms with E-state index in [1.807, 2.05) is 29.6 Å². The fourth-order valence-electron chi connectivity index (χ4n) is 2.78. The van der Waals surface area contributed by atoms with E-state index in [9.17, 15) is 9.59 Å². The Bertz CT molecular complexity index is 978. The number of anilines is 1. The molecule has 2 aromatic heterocycles. The third kappa shape index (κ3) is 2.89. The number of nitrogens with one attached hydrogen (secondary N) is 1. The third-order valence-corrected chi connectivity index (χ3v) is 4.81. The van der Waals surface area contributed by atoms with Crippen LogP contribution in [0.4, 0.5) is 5.13 Å². The molecule has 1 aliphatic rings. The molecule has 0 unspecified atom stereocenters. The van der Waals surface area contributed by atoms with Crippen LogP contribution in [0.5, 0.6) is 0 Å². The second-order valence-corrected chi connectivity index (χ2v) is 6.57. The first-order valence-corrected chi connectivity index (χ1v) is 8.77. The maximum absolute atomic E-state index is 12.4. The summed E-state index contributed by atoms with van der Waals surface area (Å²) in [7, 11) is 0. The van der Waals surface area contributed by atoms with Crippen molar-refractivity contribution < 1.29 is 9.59 Å². The van der Waals surface area contributed by atoms with Crippen molar-refractivity contribution in [1.82, 2.24) is 14.9 Å². The van der Waals surface area contributed by atoms with E-state index in [0.717, 1.165) is 16.8 Å². The number of thiazole rings is 1. The molecule has 0 radical (unpaired) electrons. The van der Waals surface area contributed by atoms with Gasteiger partial charge in [0.25, 0.3) is 5.91 Å². The van der Waals surface area contributed by atoms with Crippen molar-refractivity contribution in [2.75, 3.05) is 11.9 Å². The number of aromatic nitrogens is 2. The summed E-state index contributed by atoms with van der Waals surface area (Å²) in [4.78, 5) is 34.7. The quantitative estimate of drug-likeness (QED) is 0.773. The molecule has 128 valence electrons. The molecule has 1 aromatic carbocycles. The lowest BCUT2D eigenvalue weighted by atomic mass is 10.1. The molecule has 0 saturated heterocycles. The Hall–Kier alpha value is -3.32. The van der Waals surface area contributed by atoms with E-state index in [2.05, 4.69) is 21.9 Å². The number of carbonyl (C=O) groups excluding carboxylic acids is 2. The number of amides is 2. The van der Waals surface area contributed by atoms with Gasteiger partial charge in [-0.1, -0.05) is 24.8 Å². The fourth-order valence-corrected chi connectivity index (χ4v) is 3.52. The van der Waals surface area contributed by atoms with Crippen LogP contribution in [-0.2, 0) is 4.79 Å². The Morgan fingerprint density at radius 1 is 1.19 bits per heavy atom. The first-order valence-electron chi connectivity index (χ1n) is 7.89. The summed E-state index contributed by atoms with van der Waals surface area (Å²) in [6.07, 6.45) is 3.40. The Morgan fingerprint density at radius 2 is 2.00 bits per heavy atom. The first kappa shape index (κ1) is 16.2. The highest BCUT2D eigenvalue weighted by Crippen LogP contribution is 2.31. The van der Waals surface area contributed by atoms with Gasteiger partial charge in [-0.2, -0.15) is 0 Å². The summed E-state index contributed by atoms with van der Waals surface area (Å²) >= 11 is 1.32. The summed E-state index contributed by atoms with van der Waals surface area (Å²) in [6.45, 7) is 3.83. The lowest BCUT2D eigenvalue weighted by Gasteiger charge is -2.16. The summed E-state index contributed by atoms with van der Waals surface area (Å²) in [5.74, 6) is -0.532. The molecule has 4 rings (SSSR count). The standard InChI is InChI=1S/C19H14N4O2S/c1-12-14-6-2-3-7-15(14)18(25)23(12)10-17(24)22-19-21-16(11-26-19)13-5-4-8-20-9-13/h2-9,11H,1,10H2,(H,21,22,24). The number of hydrogen-bond donors (Lipinski definition) is 1. The summed E-state index contributed by atoms with van der Waals surface area (Å²) in [5, 5.41) is 5.07. The van der Waals surface area contributed by atoms with Crippen LogP contribution in [0.1, 0.15) is 15.9 Å².